The minimum absolute atomic E-state index is 0.120. The highest BCUT2D eigenvalue weighted by atomic mass is 32.2. The second-order valence-corrected chi connectivity index (χ2v) is 6.27. The monoisotopic (exact) mass is 318 g/mol. The molecule has 1 aromatic carbocycles. The van der Waals surface area contributed by atoms with E-state index in [0.717, 1.165) is 13.0 Å². The van der Waals surface area contributed by atoms with Crippen molar-refractivity contribution in [3.05, 3.63) is 29.6 Å². The van der Waals surface area contributed by atoms with E-state index in [0.29, 0.717) is 18.7 Å². The molecular weight excluding hydrogens is 295 g/mol. The van der Waals surface area contributed by atoms with Gasteiger partial charge in [-0.1, -0.05) is 13.0 Å². The number of hydrogen-bond acceptors (Lipinski definition) is 4. The number of rotatable bonds is 10. The minimum atomic E-state index is -3.84. The number of halogens is 1. The molecule has 0 fully saturated rings. The molecule has 0 aliphatic rings. The summed E-state index contributed by atoms with van der Waals surface area (Å²) in [5, 5.41) is 3.14. The summed E-state index contributed by atoms with van der Waals surface area (Å²) >= 11 is 0. The van der Waals surface area contributed by atoms with Crippen LogP contribution in [0.4, 0.5) is 4.39 Å². The highest BCUT2D eigenvalue weighted by molar-refractivity contribution is 7.89. The zero-order valence-corrected chi connectivity index (χ0v) is 13.3. The van der Waals surface area contributed by atoms with E-state index in [-0.39, 0.29) is 18.0 Å². The van der Waals surface area contributed by atoms with Crippen molar-refractivity contribution < 1.29 is 17.5 Å². The zero-order chi connectivity index (χ0) is 15.7. The van der Waals surface area contributed by atoms with Crippen LogP contribution in [0.25, 0.3) is 0 Å². The molecule has 2 N–H and O–H groups in total. The molecule has 7 heteroatoms. The van der Waals surface area contributed by atoms with Gasteiger partial charge in [-0.25, -0.2) is 17.5 Å². The molecule has 5 nitrogen and oxygen atoms in total. The van der Waals surface area contributed by atoms with Gasteiger partial charge < -0.3 is 10.1 Å². The Hall–Kier alpha value is -1.02. The fourth-order valence-electron chi connectivity index (χ4n) is 1.75. The highest BCUT2D eigenvalue weighted by Gasteiger charge is 2.18. The molecule has 0 aliphatic carbocycles. The lowest BCUT2D eigenvalue weighted by Crippen LogP contribution is -2.28. The molecule has 0 spiro atoms. The van der Waals surface area contributed by atoms with Crippen molar-refractivity contribution >= 4 is 10.0 Å². The summed E-state index contributed by atoms with van der Waals surface area (Å²) in [6.07, 6.45) is 0.985. The minimum Gasteiger partial charge on any atom is -0.380 e. The van der Waals surface area contributed by atoms with E-state index in [4.69, 9.17) is 4.74 Å². The molecular formula is C14H23FN2O3S. The molecule has 0 saturated heterocycles. The molecule has 0 atom stereocenters. The molecule has 1 aromatic rings. The Morgan fingerprint density at radius 3 is 2.62 bits per heavy atom. The lowest BCUT2D eigenvalue weighted by Gasteiger charge is -2.09. The first kappa shape index (κ1) is 18.0. The van der Waals surface area contributed by atoms with Crippen LogP contribution in [0.5, 0.6) is 0 Å². The Balaban J connectivity index is 2.69. The van der Waals surface area contributed by atoms with Gasteiger partial charge in [-0.05, 0) is 37.6 Å². The first-order valence-electron chi connectivity index (χ1n) is 7.07. The Bertz CT molecular complexity index is 535. The molecule has 0 saturated carbocycles. The van der Waals surface area contributed by atoms with E-state index < -0.39 is 15.8 Å². The van der Waals surface area contributed by atoms with Crippen LogP contribution in [-0.4, -0.2) is 34.7 Å². The summed E-state index contributed by atoms with van der Waals surface area (Å²) in [5.41, 5.74) is 0.717. The molecule has 0 bridgehead atoms. The lowest BCUT2D eigenvalue weighted by molar-refractivity contribution is 0.153. The number of nitrogens with one attached hydrogen (secondary N) is 2. The maximum absolute atomic E-state index is 14.0. The van der Waals surface area contributed by atoms with Crippen LogP contribution in [0.3, 0.4) is 0 Å². The van der Waals surface area contributed by atoms with Crippen molar-refractivity contribution in [2.24, 2.45) is 0 Å². The van der Waals surface area contributed by atoms with E-state index >= 15 is 0 Å². The average molecular weight is 318 g/mol. The lowest BCUT2D eigenvalue weighted by atomic mass is 10.2. The van der Waals surface area contributed by atoms with Gasteiger partial charge in [0.2, 0.25) is 10.0 Å². The third-order valence-corrected chi connectivity index (χ3v) is 4.28. The molecule has 0 aromatic heterocycles. The van der Waals surface area contributed by atoms with Crippen molar-refractivity contribution in [3.63, 3.8) is 0 Å². The van der Waals surface area contributed by atoms with Gasteiger partial charge in [-0.3, -0.25) is 0 Å². The van der Waals surface area contributed by atoms with Crippen LogP contribution >= 0.6 is 0 Å². The van der Waals surface area contributed by atoms with Crippen molar-refractivity contribution in [2.45, 2.75) is 31.7 Å². The van der Waals surface area contributed by atoms with Gasteiger partial charge >= 0.3 is 0 Å². The summed E-state index contributed by atoms with van der Waals surface area (Å²) in [6, 6.07) is 4.16. The molecule has 1 rings (SSSR count). The third-order valence-electron chi connectivity index (χ3n) is 2.78. The summed E-state index contributed by atoms with van der Waals surface area (Å²) in [4.78, 5) is -0.335. The van der Waals surface area contributed by atoms with Crippen molar-refractivity contribution in [1.29, 1.82) is 0 Å². The van der Waals surface area contributed by atoms with E-state index in [9.17, 15) is 12.8 Å². The third kappa shape index (κ3) is 6.09. The number of sulfonamides is 1. The Morgan fingerprint density at radius 2 is 2.00 bits per heavy atom. The standard InChI is InChI=1S/C14H23FN2O3S/c1-3-7-16-11-12-5-6-14(13(15)10-12)21(18,19)17-8-9-20-4-2/h5-6,10,16-17H,3-4,7-9,11H2,1-2H3. The highest BCUT2D eigenvalue weighted by Crippen LogP contribution is 2.15. The van der Waals surface area contributed by atoms with Crippen molar-refractivity contribution in [3.8, 4) is 0 Å². The normalized spacial score (nSPS) is 11.8. The Labute approximate surface area is 125 Å². The Morgan fingerprint density at radius 1 is 1.24 bits per heavy atom. The molecule has 0 amide bonds. The van der Waals surface area contributed by atoms with E-state index in [1.54, 1.807) is 6.07 Å². The van der Waals surface area contributed by atoms with Crippen LogP contribution in [0.15, 0.2) is 23.1 Å². The first-order valence-corrected chi connectivity index (χ1v) is 8.56. The van der Waals surface area contributed by atoms with Crippen LogP contribution < -0.4 is 10.0 Å². The topological polar surface area (TPSA) is 67.4 Å². The number of hydrogen-bond donors (Lipinski definition) is 2. The van der Waals surface area contributed by atoms with Gasteiger partial charge in [0.1, 0.15) is 10.7 Å². The van der Waals surface area contributed by atoms with E-state index in [1.807, 2.05) is 13.8 Å². The second-order valence-electron chi connectivity index (χ2n) is 4.54. The van der Waals surface area contributed by atoms with Crippen molar-refractivity contribution in [1.82, 2.24) is 10.0 Å². The predicted molar refractivity (Wildman–Crippen MR) is 80.1 cm³/mol. The molecule has 0 aliphatic heterocycles. The summed E-state index contributed by atoms with van der Waals surface area (Å²) < 4.78 is 45.2. The van der Waals surface area contributed by atoms with Gasteiger partial charge in [0.05, 0.1) is 6.61 Å². The van der Waals surface area contributed by atoms with E-state index in [1.165, 1.54) is 12.1 Å². The van der Waals surface area contributed by atoms with Crippen LogP contribution in [0.2, 0.25) is 0 Å². The van der Waals surface area contributed by atoms with Crippen LogP contribution in [0.1, 0.15) is 25.8 Å². The van der Waals surface area contributed by atoms with Gasteiger partial charge in [0.15, 0.2) is 0 Å². The summed E-state index contributed by atoms with van der Waals surface area (Å²) in [7, 11) is -3.84. The number of ether oxygens (including phenoxy) is 1. The average Bonchev–Trinajstić information content (AvgIpc) is 2.44. The van der Waals surface area contributed by atoms with Crippen molar-refractivity contribution in [2.75, 3.05) is 26.3 Å². The van der Waals surface area contributed by atoms with Crippen LogP contribution in [0, 0.1) is 5.82 Å². The van der Waals surface area contributed by atoms with E-state index in [2.05, 4.69) is 10.0 Å². The molecule has 21 heavy (non-hydrogen) atoms. The van der Waals surface area contributed by atoms with Crippen LogP contribution in [-0.2, 0) is 21.3 Å². The molecule has 120 valence electrons. The fourth-order valence-corrected chi connectivity index (χ4v) is 2.82. The fraction of sp³-hybridized carbons (Fsp3) is 0.571. The van der Waals surface area contributed by atoms with Gasteiger partial charge in [-0.15, -0.1) is 0 Å². The second kappa shape index (κ2) is 9.09. The SMILES string of the molecule is CCCNCc1ccc(S(=O)(=O)NCCOCC)c(F)c1. The largest absolute Gasteiger partial charge is 0.380 e. The van der Waals surface area contributed by atoms with Gasteiger partial charge in [0.25, 0.3) is 0 Å². The first-order chi connectivity index (χ1) is 10.0. The molecule has 0 radical (unpaired) electrons. The Kier molecular flexibility index (Phi) is 7.81. The summed E-state index contributed by atoms with van der Waals surface area (Å²) in [5.74, 6) is -0.741. The van der Waals surface area contributed by atoms with Gasteiger partial charge in [0, 0.05) is 19.7 Å². The number of benzene rings is 1. The summed E-state index contributed by atoms with van der Waals surface area (Å²) in [6.45, 7) is 6.10. The quantitative estimate of drug-likeness (QED) is 0.644. The predicted octanol–water partition coefficient (Wildman–Crippen LogP) is 1.64. The zero-order valence-electron chi connectivity index (χ0n) is 12.5. The maximum atomic E-state index is 14.0. The molecule has 0 heterocycles. The smallest absolute Gasteiger partial charge is 0.243 e. The maximum Gasteiger partial charge on any atom is 0.243 e. The molecule has 0 unspecified atom stereocenters. The van der Waals surface area contributed by atoms with Gasteiger partial charge in [-0.2, -0.15) is 0 Å².